The molecule has 3 unspecified atom stereocenters. The van der Waals surface area contributed by atoms with Crippen LogP contribution in [0, 0.1) is 0 Å². The zero-order chi connectivity index (χ0) is 31.5. The zero-order valence-corrected chi connectivity index (χ0v) is 28.6. The standard InChI is InChI=1S/C33H65N2O6P/c1-6-8-10-12-14-16-17-19-21-23-25-27-33(37)34-31(30-41-42(38,39)40-29-28-35(3,4)5)32(36)26-24-22-20-18-15-13-11-9-7-2/h15,18,24,26,31-32,36H,6-14,16-17,19-23,25,27-30H2,1-5H3,(H-,34,37,38,39)/p+1/b18-15+,26-24+. The van der Waals surface area contributed by atoms with Gasteiger partial charge in [0.15, 0.2) is 0 Å². The third-order valence-corrected chi connectivity index (χ3v) is 8.16. The van der Waals surface area contributed by atoms with Gasteiger partial charge in [0.05, 0.1) is 39.9 Å². The van der Waals surface area contributed by atoms with Crippen LogP contribution in [-0.4, -0.2) is 73.4 Å². The molecule has 0 fully saturated rings. The molecule has 0 radical (unpaired) electrons. The SMILES string of the molecule is CCCCC/C=C/CC/C=C/C(O)C(COP(=O)(O)OCC[N+](C)(C)C)NC(=O)CCCCCCCCCCCCC. The lowest BCUT2D eigenvalue weighted by atomic mass is 10.0. The van der Waals surface area contributed by atoms with E-state index in [2.05, 4.69) is 31.3 Å². The summed E-state index contributed by atoms with van der Waals surface area (Å²) >= 11 is 0. The average molecular weight is 618 g/mol. The number of unbranched alkanes of at least 4 members (excludes halogenated alkanes) is 14. The highest BCUT2D eigenvalue weighted by Gasteiger charge is 2.27. The summed E-state index contributed by atoms with van der Waals surface area (Å²) < 4.78 is 23.3. The van der Waals surface area contributed by atoms with E-state index in [0.29, 0.717) is 17.4 Å². The maximum absolute atomic E-state index is 12.7. The summed E-state index contributed by atoms with van der Waals surface area (Å²) in [6.07, 6.45) is 26.8. The Kier molecular flexibility index (Phi) is 25.7. The van der Waals surface area contributed by atoms with Gasteiger partial charge in [-0.05, 0) is 32.1 Å². The van der Waals surface area contributed by atoms with Gasteiger partial charge in [-0.3, -0.25) is 13.8 Å². The molecule has 1 amide bonds. The lowest BCUT2D eigenvalue weighted by Crippen LogP contribution is -2.45. The molecule has 8 nitrogen and oxygen atoms in total. The molecule has 0 aromatic heterocycles. The molecule has 3 atom stereocenters. The van der Waals surface area contributed by atoms with E-state index >= 15 is 0 Å². The Balaban J connectivity index is 4.66. The Hall–Kier alpha value is -1.02. The van der Waals surface area contributed by atoms with E-state index < -0.39 is 20.0 Å². The van der Waals surface area contributed by atoms with Crippen LogP contribution < -0.4 is 5.32 Å². The fraction of sp³-hybridized carbons (Fsp3) is 0.848. The number of amides is 1. The fourth-order valence-electron chi connectivity index (χ4n) is 4.41. The molecule has 42 heavy (non-hydrogen) atoms. The van der Waals surface area contributed by atoms with Gasteiger partial charge < -0.3 is 19.8 Å². The normalized spacial score (nSPS) is 15.3. The Bertz CT molecular complexity index is 753. The van der Waals surface area contributed by atoms with Gasteiger partial charge in [-0.2, -0.15) is 0 Å². The molecule has 0 aromatic rings. The average Bonchev–Trinajstić information content (AvgIpc) is 2.92. The second-order valence-electron chi connectivity index (χ2n) is 12.5. The summed E-state index contributed by atoms with van der Waals surface area (Å²) in [5.41, 5.74) is 0. The number of carbonyl (C=O) groups excluding carboxylic acids is 1. The Labute approximate surface area is 258 Å². The molecule has 0 saturated carbocycles. The Morgan fingerprint density at radius 1 is 0.786 bits per heavy atom. The highest BCUT2D eigenvalue weighted by atomic mass is 31.2. The van der Waals surface area contributed by atoms with E-state index in [1.54, 1.807) is 6.08 Å². The van der Waals surface area contributed by atoms with E-state index in [-0.39, 0.29) is 19.1 Å². The van der Waals surface area contributed by atoms with Crippen LogP contribution in [0.2, 0.25) is 0 Å². The van der Waals surface area contributed by atoms with Gasteiger partial charge in [0.25, 0.3) is 0 Å². The number of phosphoric acid groups is 1. The molecule has 0 spiro atoms. The van der Waals surface area contributed by atoms with Crippen molar-refractivity contribution in [1.82, 2.24) is 5.32 Å². The number of nitrogens with one attached hydrogen (secondary N) is 1. The number of hydrogen-bond acceptors (Lipinski definition) is 5. The van der Waals surface area contributed by atoms with Gasteiger partial charge in [-0.1, -0.05) is 115 Å². The van der Waals surface area contributed by atoms with Crippen molar-refractivity contribution in [1.29, 1.82) is 0 Å². The van der Waals surface area contributed by atoms with E-state index in [1.165, 1.54) is 70.6 Å². The molecule has 248 valence electrons. The van der Waals surface area contributed by atoms with E-state index in [9.17, 15) is 19.4 Å². The maximum atomic E-state index is 12.7. The number of allylic oxidation sites excluding steroid dienone is 3. The molecule has 0 aromatic carbocycles. The monoisotopic (exact) mass is 617 g/mol. The number of aliphatic hydroxyl groups excluding tert-OH is 1. The van der Waals surface area contributed by atoms with Crippen LogP contribution in [-0.2, 0) is 18.4 Å². The van der Waals surface area contributed by atoms with Crippen molar-refractivity contribution < 1.29 is 32.9 Å². The number of likely N-dealkylation sites (N-methyl/N-ethyl adjacent to an activating group) is 1. The highest BCUT2D eigenvalue weighted by Crippen LogP contribution is 2.43. The molecular weight excluding hydrogens is 551 g/mol. The maximum Gasteiger partial charge on any atom is 0.472 e. The molecular formula is C33H66N2O6P+. The summed E-state index contributed by atoms with van der Waals surface area (Å²) in [6.45, 7) is 4.69. The first-order chi connectivity index (χ1) is 20.0. The zero-order valence-electron chi connectivity index (χ0n) is 27.7. The van der Waals surface area contributed by atoms with Crippen LogP contribution >= 0.6 is 7.82 Å². The van der Waals surface area contributed by atoms with Crippen LogP contribution in [0.5, 0.6) is 0 Å². The van der Waals surface area contributed by atoms with Crippen LogP contribution in [0.25, 0.3) is 0 Å². The minimum atomic E-state index is -4.32. The second-order valence-corrected chi connectivity index (χ2v) is 14.0. The first kappa shape index (κ1) is 41.0. The molecule has 0 aliphatic carbocycles. The minimum absolute atomic E-state index is 0.0571. The van der Waals surface area contributed by atoms with Crippen molar-refractivity contribution in [3.8, 4) is 0 Å². The molecule has 3 N–H and O–H groups in total. The lowest BCUT2D eigenvalue weighted by Gasteiger charge is -2.25. The van der Waals surface area contributed by atoms with Crippen molar-refractivity contribution in [2.24, 2.45) is 0 Å². The first-order valence-electron chi connectivity index (χ1n) is 16.7. The quantitative estimate of drug-likeness (QED) is 0.0342. The molecule has 9 heteroatoms. The lowest BCUT2D eigenvalue weighted by molar-refractivity contribution is -0.870. The molecule has 0 aliphatic rings. The summed E-state index contributed by atoms with van der Waals surface area (Å²) in [7, 11) is 1.55. The van der Waals surface area contributed by atoms with Crippen LogP contribution in [0.15, 0.2) is 24.3 Å². The molecule has 0 saturated heterocycles. The molecule has 0 heterocycles. The summed E-state index contributed by atoms with van der Waals surface area (Å²) in [5, 5.41) is 13.6. The number of rotatable bonds is 29. The number of aliphatic hydroxyl groups is 1. The van der Waals surface area contributed by atoms with Gasteiger partial charge in [0.1, 0.15) is 13.2 Å². The summed E-state index contributed by atoms with van der Waals surface area (Å²) in [5.74, 6) is -0.194. The van der Waals surface area contributed by atoms with Gasteiger partial charge in [-0.25, -0.2) is 4.57 Å². The number of phosphoric ester groups is 1. The molecule has 0 rings (SSSR count). The van der Waals surface area contributed by atoms with Crippen molar-refractivity contribution in [3.05, 3.63) is 24.3 Å². The molecule has 0 bridgehead atoms. The smallest absolute Gasteiger partial charge is 0.387 e. The Morgan fingerprint density at radius 3 is 1.90 bits per heavy atom. The number of carbonyl (C=O) groups is 1. The Morgan fingerprint density at radius 2 is 1.31 bits per heavy atom. The van der Waals surface area contributed by atoms with Gasteiger partial charge in [0, 0.05) is 6.42 Å². The van der Waals surface area contributed by atoms with Crippen molar-refractivity contribution in [3.63, 3.8) is 0 Å². The van der Waals surface area contributed by atoms with Crippen molar-refractivity contribution in [2.45, 2.75) is 142 Å². The number of nitrogens with zero attached hydrogens (tertiary/aromatic N) is 1. The fourth-order valence-corrected chi connectivity index (χ4v) is 5.14. The highest BCUT2D eigenvalue weighted by molar-refractivity contribution is 7.47. The van der Waals surface area contributed by atoms with Crippen LogP contribution in [0.1, 0.15) is 129 Å². The third kappa shape index (κ3) is 27.8. The van der Waals surface area contributed by atoms with Gasteiger partial charge in [-0.15, -0.1) is 0 Å². The third-order valence-electron chi connectivity index (χ3n) is 7.17. The second kappa shape index (κ2) is 26.4. The van der Waals surface area contributed by atoms with Gasteiger partial charge in [0.2, 0.25) is 5.91 Å². The largest absolute Gasteiger partial charge is 0.472 e. The summed E-state index contributed by atoms with van der Waals surface area (Å²) in [4.78, 5) is 22.8. The molecule has 0 aliphatic heterocycles. The van der Waals surface area contributed by atoms with E-state index in [0.717, 1.165) is 38.5 Å². The number of hydrogen-bond donors (Lipinski definition) is 3. The minimum Gasteiger partial charge on any atom is -0.387 e. The van der Waals surface area contributed by atoms with Crippen LogP contribution in [0.4, 0.5) is 0 Å². The van der Waals surface area contributed by atoms with E-state index in [1.807, 2.05) is 27.2 Å². The summed E-state index contributed by atoms with van der Waals surface area (Å²) in [6, 6.07) is -0.853. The van der Waals surface area contributed by atoms with Crippen LogP contribution in [0.3, 0.4) is 0 Å². The predicted molar refractivity (Wildman–Crippen MR) is 175 cm³/mol. The van der Waals surface area contributed by atoms with Gasteiger partial charge >= 0.3 is 7.82 Å². The van der Waals surface area contributed by atoms with E-state index in [4.69, 9.17) is 9.05 Å². The predicted octanol–water partition coefficient (Wildman–Crippen LogP) is 7.85. The number of quaternary nitrogens is 1. The topological polar surface area (TPSA) is 105 Å². The van der Waals surface area contributed by atoms with Crippen molar-refractivity contribution >= 4 is 13.7 Å². The first-order valence-corrected chi connectivity index (χ1v) is 18.2. The van der Waals surface area contributed by atoms with Crippen molar-refractivity contribution in [2.75, 3.05) is 40.9 Å².